The van der Waals surface area contributed by atoms with Crippen LogP contribution in [0.5, 0.6) is 5.75 Å². The van der Waals surface area contributed by atoms with Crippen LogP contribution in [0.1, 0.15) is 11.4 Å². The minimum absolute atomic E-state index is 0.0521. The van der Waals surface area contributed by atoms with Crippen LogP contribution in [0.4, 0.5) is 0 Å². The molecule has 23 heavy (non-hydrogen) atoms. The predicted octanol–water partition coefficient (Wildman–Crippen LogP) is 1.39. The number of nitrogens with one attached hydrogen (secondary N) is 2. The molecule has 1 unspecified atom stereocenters. The molecule has 0 saturated carbocycles. The Morgan fingerprint density at radius 1 is 1.26 bits per heavy atom. The summed E-state index contributed by atoms with van der Waals surface area (Å²) in [5, 5.41) is 1.89. The van der Waals surface area contributed by atoms with Crippen LogP contribution in [0.15, 0.2) is 40.5 Å². The molecular weight excluding hydrogens is 310 g/mol. The lowest BCUT2D eigenvalue weighted by Crippen LogP contribution is -3.08. The molecule has 3 aromatic rings. The first-order valence-electron chi connectivity index (χ1n) is 7.59. The van der Waals surface area contributed by atoms with Crippen LogP contribution in [-0.4, -0.2) is 30.2 Å². The van der Waals surface area contributed by atoms with Gasteiger partial charge in [-0.2, -0.15) is 0 Å². The predicted molar refractivity (Wildman–Crippen MR) is 92.4 cm³/mol. The summed E-state index contributed by atoms with van der Waals surface area (Å²) in [7, 11) is 2.07. The molecule has 2 N–H and O–H groups in total. The summed E-state index contributed by atoms with van der Waals surface area (Å²) in [6, 6.07) is 9.92. The summed E-state index contributed by atoms with van der Waals surface area (Å²) in [4.78, 5) is 20.5. The maximum atomic E-state index is 11.9. The second-order valence-electron chi connectivity index (χ2n) is 5.69. The van der Waals surface area contributed by atoms with Gasteiger partial charge < -0.3 is 14.6 Å². The van der Waals surface area contributed by atoms with Gasteiger partial charge in [-0.05, 0) is 30.5 Å². The second kappa shape index (κ2) is 6.93. The molecule has 0 radical (unpaired) electrons. The highest BCUT2D eigenvalue weighted by Gasteiger charge is 2.09. The molecule has 0 saturated heterocycles. The van der Waals surface area contributed by atoms with Crippen molar-refractivity contribution in [2.24, 2.45) is 0 Å². The number of benzene rings is 1. The number of fused-ring (bicyclic) bond motifs is 1. The van der Waals surface area contributed by atoms with Crippen LogP contribution in [0, 0.1) is 6.92 Å². The number of hydrogen-bond acceptors (Lipinski definition) is 4. The number of H-pyrrole nitrogens is 1. The Labute approximate surface area is 138 Å². The molecule has 0 aliphatic rings. The molecule has 1 atom stereocenters. The van der Waals surface area contributed by atoms with Crippen molar-refractivity contribution in [3.63, 3.8) is 0 Å². The smallest absolute Gasteiger partial charge is 0.269 e. The number of rotatable bonds is 6. The maximum absolute atomic E-state index is 11.9. The van der Waals surface area contributed by atoms with Gasteiger partial charge in [0.25, 0.3) is 5.56 Å². The molecule has 5 nitrogen and oxygen atoms in total. The Hall–Kier alpha value is -2.18. The molecular formula is C17H20N3O2S+. The number of aryl methyl sites for hydroxylation is 1. The molecule has 6 heteroatoms. The van der Waals surface area contributed by atoms with E-state index in [1.165, 1.54) is 21.8 Å². The summed E-state index contributed by atoms with van der Waals surface area (Å²) in [6.45, 7) is 4.18. The lowest BCUT2D eigenvalue weighted by Gasteiger charge is -2.14. The van der Waals surface area contributed by atoms with Crippen molar-refractivity contribution in [1.82, 2.24) is 9.97 Å². The quantitative estimate of drug-likeness (QED) is 0.718. The summed E-state index contributed by atoms with van der Waals surface area (Å²) >= 11 is 1.42. The van der Waals surface area contributed by atoms with Gasteiger partial charge in [0.15, 0.2) is 5.82 Å². The zero-order chi connectivity index (χ0) is 16.2. The van der Waals surface area contributed by atoms with Gasteiger partial charge in [-0.15, -0.1) is 11.3 Å². The highest BCUT2D eigenvalue weighted by atomic mass is 32.1. The first kappa shape index (κ1) is 15.7. The Morgan fingerprint density at radius 2 is 2.04 bits per heavy atom. The van der Waals surface area contributed by atoms with Crippen molar-refractivity contribution < 1.29 is 9.64 Å². The first-order valence-corrected chi connectivity index (χ1v) is 8.47. The van der Waals surface area contributed by atoms with Gasteiger partial charge in [-0.1, -0.05) is 17.7 Å². The number of hydrogen-bond donors (Lipinski definition) is 2. The van der Waals surface area contributed by atoms with E-state index in [9.17, 15) is 4.79 Å². The third-order valence-electron chi connectivity index (χ3n) is 3.65. The van der Waals surface area contributed by atoms with E-state index in [4.69, 9.17) is 4.74 Å². The van der Waals surface area contributed by atoms with Crippen LogP contribution >= 0.6 is 11.3 Å². The molecule has 0 spiro atoms. The fraction of sp³-hybridized carbons (Fsp3) is 0.294. The number of nitrogens with zero attached hydrogens (tertiary/aromatic N) is 1. The van der Waals surface area contributed by atoms with E-state index in [1.54, 1.807) is 0 Å². The number of quaternary nitrogens is 1. The summed E-state index contributed by atoms with van der Waals surface area (Å²) < 4.78 is 6.43. The molecule has 2 heterocycles. The molecule has 3 rings (SSSR count). The van der Waals surface area contributed by atoms with E-state index < -0.39 is 0 Å². The highest BCUT2D eigenvalue weighted by Crippen LogP contribution is 2.13. The van der Waals surface area contributed by atoms with Crippen molar-refractivity contribution in [2.75, 3.05) is 20.2 Å². The number of aromatic nitrogens is 2. The van der Waals surface area contributed by atoms with Crippen molar-refractivity contribution in [3.05, 3.63) is 57.5 Å². The monoisotopic (exact) mass is 330 g/mol. The van der Waals surface area contributed by atoms with E-state index >= 15 is 0 Å². The van der Waals surface area contributed by atoms with Crippen LogP contribution in [0.3, 0.4) is 0 Å². The second-order valence-corrected chi connectivity index (χ2v) is 6.61. The SMILES string of the molecule is Cc1ccc(OCC[NH+](C)Cc2nc3ccsc3c(=O)[nH]2)cc1. The molecule has 0 bridgehead atoms. The summed E-state index contributed by atoms with van der Waals surface area (Å²) in [6.07, 6.45) is 0. The topological polar surface area (TPSA) is 59.4 Å². The number of thiophene rings is 1. The Kier molecular flexibility index (Phi) is 4.73. The molecule has 0 fully saturated rings. The minimum Gasteiger partial charge on any atom is -0.488 e. The van der Waals surface area contributed by atoms with Gasteiger partial charge in [0.2, 0.25) is 0 Å². The van der Waals surface area contributed by atoms with E-state index in [0.29, 0.717) is 23.7 Å². The van der Waals surface area contributed by atoms with Crippen LogP contribution in [-0.2, 0) is 6.54 Å². The van der Waals surface area contributed by atoms with Crippen LogP contribution in [0.2, 0.25) is 0 Å². The van der Waals surface area contributed by atoms with Gasteiger partial charge in [0.1, 0.15) is 30.1 Å². The fourth-order valence-electron chi connectivity index (χ4n) is 2.36. The summed E-state index contributed by atoms with van der Waals surface area (Å²) in [5.74, 6) is 1.60. The average molecular weight is 330 g/mol. The standard InChI is InChI=1S/C17H19N3O2S/c1-12-3-5-13(6-4-12)22-9-8-20(2)11-15-18-14-7-10-23-16(14)17(21)19-15/h3-7,10H,8-9,11H2,1-2H3,(H,18,19,21)/p+1. The molecule has 120 valence electrons. The van der Waals surface area contributed by atoms with Gasteiger partial charge in [0.05, 0.1) is 12.6 Å². The van der Waals surface area contributed by atoms with Gasteiger partial charge >= 0.3 is 0 Å². The third kappa shape index (κ3) is 3.97. The number of aromatic amines is 1. The lowest BCUT2D eigenvalue weighted by molar-refractivity contribution is -0.894. The largest absolute Gasteiger partial charge is 0.488 e. The average Bonchev–Trinajstić information content (AvgIpc) is 2.98. The van der Waals surface area contributed by atoms with E-state index in [-0.39, 0.29) is 5.56 Å². The third-order valence-corrected chi connectivity index (χ3v) is 4.55. The van der Waals surface area contributed by atoms with Gasteiger partial charge in [-0.3, -0.25) is 4.79 Å². The van der Waals surface area contributed by atoms with Crippen LogP contribution < -0.4 is 15.2 Å². The normalized spacial score (nSPS) is 12.4. The van der Waals surface area contributed by atoms with E-state index in [1.807, 2.05) is 35.7 Å². The Balaban J connectivity index is 1.54. The minimum atomic E-state index is -0.0521. The van der Waals surface area contributed by atoms with E-state index in [2.05, 4.69) is 23.9 Å². The molecule has 0 amide bonds. The molecule has 0 aliphatic heterocycles. The first-order chi connectivity index (χ1) is 11.1. The van der Waals surface area contributed by atoms with Crippen molar-refractivity contribution in [1.29, 1.82) is 0 Å². The van der Waals surface area contributed by atoms with Gasteiger partial charge in [0, 0.05) is 0 Å². The Morgan fingerprint density at radius 3 is 2.83 bits per heavy atom. The van der Waals surface area contributed by atoms with Crippen molar-refractivity contribution in [3.8, 4) is 5.75 Å². The zero-order valence-corrected chi connectivity index (χ0v) is 14.1. The molecule has 1 aromatic carbocycles. The zero-order valence-electron chi connectivity index (χ0n) is 13.3. The number of likely N-dealkylation sites (N-methyl/N-ethyl adjacent to an activating group) is 1. The highest BCUT2D eigenvalue weighted by molar-refractivity contribution is 7.17. The fourth-order valence-corrected chi connectivity index (χ4v) is 3.08. The van der Waals surface area contributed by atoms with Crippen molar-refractivity contribution in [2.45, 2.75) is 13.5 Å². The molecule has 0 aliphatic carbocycles. The summed E-state index contributed by atoms with van der Waals surface area (Å²) in [5.41, 5.74) is 1.94. The number of ether oxygens (including phenoxy) is 1. The lowest BCUT2D eigenvalue weighted by atomic mass is 10.2. The van der Waals surface area contributed by atoms with Gasteiger partial charge in [-0.25, -0.2) is 4.98 Å². The van der Waals surface area contributed by atoms with Crippen molar-refractivity contribution >= 4 is 21.6 Å². The molecule has 2 aromatic heterocycles. The van der Waals surface area contributed by atoms with E-state index in [0.717, 1.165) is 17.8 Å². The maximum Gasteiger partial charge on any atom is 0.269 e. The van der Waals surface area contributed by atoms with Crippen LogP contribution in [0.25, 0.3) is 10.2 Å². The Bertz CT molecular complexity index is 839.